The van der Waals surface area contributed by atoms with Crippen molar-refractivity contribution in [1.82, 2.24) is 0 Å². The Labute approximate surface area is 127 Å². The van der Waals surface area contributed by atoms with Crippen molar-refractivity contribution in [3.8, 4) is 0 Å². The van der Waals surface area contributed by atoms with Gasteiger partial charge in [-0.05, 0) is 57.0 Å². The van der Waals surface area contributed by atoms with Gasteiger partial charge in [-0.2, -0.15) is 10.9 Å². The molecule has 0 heterocycles. The van der Waals surface area contributed by atoms with Gasteiger partial charge >= 0.3 is 0 Å². The number of ether oxygens (including phenoxy) is 2. The molecule has 0 saturated carbocycles. The SMILES string of the molecule is C=S=CC1=CC=C(OC(C)C(C)COC(C)(C)C)CC1. The molecule has 0 saturated heterocycles. The van der Waals surface area contributed by atoms with Crippen molar-refractivity contribution in [3.05, 3.63) is 23.5 Å². The van der Waals surface area contributed by atoms with Crippen LogP contribution in [0.15, 0.2) is 23.5 Å². The molecule has 2 atom stereocenters. The Hall–Kier alpha value is -0.800. The molecular weight excluding hydrogens is 268 g/mol. The van der Waals surface area contributed by atoms with Gasteiger partial charge in [0, 0.05) is 12.3 Å². The van der Waals surface area contributed by atoms with Gasteiger partial charge in [0.05, 0.1) is 18.0 Å². The van der Waals surface area contributed by atoms with E-state index in [-0.39, 0.29) is 11.7 Å². The smallest absolute Gasteiger partial charge is 0.100 e. The number of rotatable bonds is 6. The van der Waals surface area contributed by atoms with Gasteiger partial charge < -0.3 is 9.47 Å². The van der Waals surface area contributed by atoms with Gasteiger partial charge in [-0.15, -0.1) is 0 Å². The van der Waals surface area contributed by atoms with Gasteiger partial charge in [0.15, 0.2) is 0 Å². The van der Waals surface area contributed by atoms with Crippen molar-refractivity contribution in [1.29, 1.82) is 0 Å². The highest BCUT2D eigenvalue weighted by atomic mass is 32.1. The molecule has 0 bridgehead atoms. The van der Waals surface area contributed by atoms with Crippen LogP contribution >= 0.6 is 10.9 Å². The lowest BCUT2D eigenvalue weighted by Gasteiger charge is -2.27. The molecule has 1 aliphatic rings. The number of allylic oxidation sites excluding steroid dienone is 4. The Kier molecular flexibility index (Phi) is 6.77. The first-order valence-corrected chi connectivity index (χ1v) is 8.31. The van der Waals surface area contributed by atoms with E-state index in [1.807, 2.05) is 0 Å². The molecule has 1 rings (SSSR count). The van der Waals surface area contributed by atoms with Crippen LogP contribution in [-0.2, 0) is 9.47 Å². The summed E-state index contributed by atoms with van der Waals surface area (Å²) in [6.45, 7) is 11.3. The second kappa shape index (κ2) is 7.84. The van der Waals surface area contributed by atoms with Gasteiger partial charge in [0.1, 0.15) is 6.10 Å². The Morgan fingerprint density at radius 2 is 2.00 bits per heavy atom. The molecule has 0 aromatic rings. The van der Waals surface area contributed by atoms with Crippen LogP contribution in [0.25, 0.3) is 0 Å². The van der Waals surface area contributed by atoms with Crippen LogP contribution in [0, 0.1) is 5.92 Å². The maximum atomic E-state index is 6.04. The molecule has 0 aromatic heterocycles. The molecule has 0 amide bonds. The molecular formula is C17H28O2S. The van der Waals surface area contributed by atoms with Crippen molar-refractivity contribution < 1.29 is 9.47 Å². The minimum Gasteiger partial charge on any atom is -0.495 e. The van der Waals surface area contributed by atoms with Gasteiger partial charge in [0.25, 0.3) is 0 Å². The quantitative estimate of drug-likeness (QED) is 0.676. The fourth-order valence-electron chi connectivity index (χ4n) is 1.81. The highest BCUT2D eigenvalue weighted by molar-refractivity contribution is 7.95. The second-order valence-corrected chi connectivity index (χ2v) is 6.95. The zero-order valence-corrected chi connectivity index (χ0v) is 14.3. The molecule has 2 unspecified atom stereocenters. The monoisotopic (exact) mass is 296 g/mol. The van der Waals surface area contributed by atoms with Crippen LogP contribution in [0.1, 0.15) is 47.5 Å². The molecule has 0 radical (unpaired) electrons. The van der Waals surface area contributed by atoms with Crippen molar-refractivity contribution in [3.63, 3.8) is 0 Å². The Morgan fingerprint density at radius 3 is 2.50 bits per heavy atom. The lowest BCUT2D eigenvalue weighted by Crippen LogP contribution is -2.28. The summed E-state index contributed by atoms with van der Waals surface area (Å²) in [7, 11) is 1.51. The van der Waals surface area contributed by atoms with E-state index in [1.165, 1.54) is 16.5 Å². The van der Waals surface area contributed by atoms with E-state index in [0.717, 1.165) is 25.2 Å². The molecule has 0 spiro atoms. The van der Waals surface area contributed by atoms with Crippen molar-refractivity contribution in [2.75, 3.05) is 6.61 Å². The van der Waals surface area contributed by atoms with E-state index in [4.69, 9.17) is 9.47 Å². The van der Waals surface area contributed by atoms with E-state index in [1.54, 1.807) is 0 Å². The predicted octanol–water partition coefficient (Wildman–Crippen LogP) is 4.41. The lowest BCUT2D eigenvalue weighted by molar-refractivity contribution is -0.0464. The van der Waals surface area contributed by atoms with Crippen LogP contribution < -0.4 is 0 Å². The average molecular weight is 296 g/mol. The zero-order valence-electron chi connectivity index (χ0n) is 13.4. The second-order valence-electron chi connectivity index (χ2n) is 6.38. The lowest BCUT2D eigenvalue weighted by atomic mass is 10.0. The third kappa shape index (κ3) is 6.58. The summed E-state index contributed by atoms with van der Waals surface area (Å²) in [4.78, 5) is 0. The van der Waals surface area contributed by atoms with Crippen LogP contribution in [0.4, 0.5) is 0 Å². The molecule has 0 aliphatic heterocycles. The van der Waals surface area contributed by atoms with Crippen molar-refractivity contribution in [2.45, 2.75) is 59.2 Å². The first kappa shape index (κ1) is 17.3. The molecule has 2 nitrogen and oxygen atoms in total. The predicted molar refractivity (Wildman–Crippen MR) is 91.6 cm³/mol. The highest BCUT2D eigenvalue weighted by Gasteiger charge is 2.19. The molecule has 0 fully saturated rings. The maximum absolute atomic E-state index is 6.04. The highest BCUT2D eigenvalue weighted by Crippen LogP contribution is 2.22. The summed E-state index contributed by atoms with van der Waals surface area (Å²) in [5, 5.41) is 2.09. The van der Waals surface area contributed by atoms with E-state index >= 15 is 0 Å². The first-order valence-electron chi connectivity index (χ1n) is 7.26. The van der Waals surface area contributed by atoms with Gasteiger partial charge in [0.2, 0.25) is 0 Å². The topological polar surface area (TPSA) is 18.5 Å². The summed E-state index contributed by atoms with van der Waals surface area (Å²) in [5.74, 6) is 5.22. The molecule has 1 aliphatic carbocycles. The summed E-state index contributed by atoms with van der Waals surface area (Å²) in [6.07, 6.45) is 6.39. The standard InChI is InChI=1S/C17H28O2S/c1-13(11-18-17(3,4)5)14(2)19-16-9-7-15(8-10-16)12-20-6/h7,9,12-14H,6,8,10-11H2,1-5H3. The zero-order chi connectivity index (χ0) is 15.2. The molecule has 0 aromatic carbocycles. The van der Waals surface area contributed by atoms with Crippen LogP contribution in [0.3, 0.4) is 0 Å². The third-order valence-corrected chi connectivity index (χ3v) is 3.77. The molecule has 0 N–H and O–H groups in total. The van der Waals surface area contributed by atoms with Gasteiger partial charge in [-0.25, -0.2) is 0 Å². The summed E-state index contributed by atoms with van der Waals surface area (Å²) >= 11 is 0. The van der Waals surface area contributed by atoms with E-state index in [2.05, 4.69) is 58.0 Å². The average Bonchev–Trinajstić information content (AvgIpc) is 2.37. The number of hydrogen-bond acceptors (Lipinski definition) is 2. The summed E-state index contributed by atoms with van der Waals surface area (Å²) in [5.41, 5.74) is 1.24. The van der Waals surface area contributed by atoms with Crippen LogP contribution in [0.5, 0.6) is 0 Å². The van der Waals surface area contributed by atoms with Gasteiger partial charge in [-0.1, -0.05) is 13.0 Å². The Bertz CT molecular complexity index is 423. The minimum atomic E-state index is -0.0859. The number of hydrogen-bond donors (Lipinski definition) is 0. The normalized spacial score (nSPS) is 18.6. The van der Waals surface area contributed by atoms with Crippen molar-refractivity contribution >= 4 is 22.2 Å². The maximum Gasteiger partial charge on any atom is 0.100 e. The van der Waals surface area contributed by atoms with Crippen LogP contribution in [-0.4, -0.2) is 29.5 Å². The molecule has 114 valence electrons. The molecule has 3 heteroatoms. The van der Waals surface area contributed by atoms with E-state index in [9.17, 15) is 0 Å². The summed E-state index contributed by atoms with van der Waals surface area (Å²) in [6, 6.07) is 0. The minimum absolute atomic E-state index is 0.0859. The third-order valence-electron chi connectivity index (χ3n) is 3.30. The Morgan fingerprint density at radius 1 is 1.30 bits per heavy atom. The summed E-state index contributed by atoms with van der Waals surface area (Å²) < 4.78 is 11.9. The fourth-order valence-corrected chi connectivity index (χ4v) is 2.22. The van der Waals surface area contributed by atoms with Crippen LogP contribution in [0.2, 0.25) is 0 Å². The first-order chi connectivity index (χ1) is 9.31. The van der Waals surface area contributed by atoms with Gasteiger partial charge in [-0.3, -0.25) is 0 Å². The van der Waals surface area contributed by atoms with E-state index in [0.29, 0.717) is 5.92 Å². The largest absolute Gasteiger partial charge is 0.495 e. The molecule has 20 heavy (non-hydrogen) atoms. The van der Waals surface area contributed by atoms with Crippen molar-refractivity contribution in [2.24, 2.45) is 5.92 Å². The van der Waals surface area contributed by atoms with E-state index < -0.39 is 0 Å². The Balaban J connectivity index is 2.46. The fraction of sp³-hybridized carbons (Fsp3) is 0.647.